The Balaban J connectivity index is 2.12. The number of nitrogens with zero attached hydrogens (tertiary/aromatic N) is 1. The Labute approximate surface area is 139 Å². The molecule has 0 saturated heterocycles. The quantitative estimate of drug-likeness (QED) is 0.872. The monoisotopic (exact) mass is 320 g/mol. The third-order valence-electron chi connectivity index (χ3n) is 4.76. The van der Waals surface area contributed by atoms with E-state index >= 15 is 0 Å². The van der Waals surface area contributed by atoms with E-state index in [2.05, 4.69) is 24.1 Å². The maximum atomic E-state index is 13.2. The van der Waals surface area contributed by atoms with Crippen molar-refractivity contribution in [3.63, 3.8) is 0 Å². The molecule has 1 aromatic rings. The summed E-state index contributed by atoms with van der Waals surface area (Å²) in [5.41, 5.74) is 0.475. The van der Waals surface area contributed by atoms with E-state index in [9.17, 15) is 9.18 Å². The van der Waals surface area contributed by atoms with Gasteiger partial charge in [-0.25, -0.2) is 4.39 Å². The highest BCUT2D eigenvalue weighted by Gasteiger charge is 2.42. The Morgan fingerprint density at radius 1 is 1.22 bits per heavy atom. The lowest BCUT2D eigenvalue weighted by molar-refractivity contribution is -0.127. The molecule has 0 bridgehead atoms. The first-order chi connectivity index (χ1) is 10.8. The van der Waals surface area contributed by atoms with Gasteiger partial charge >= 0.3 is 0 Å². The first-order valence-corrected chi connectivity index (χ1v) is 8.44. The van der Waals surface area contributed by atoms with Crippen molar-refractivity contribution >= 4 is 5.91 Å². The van der Waals surface area contributed by atoms with Gasteiger partial charge in [-0.2, -0.15) is 0 Å². The van der Waals surface area contributed by atoms with Crippen LogP contribution in [0, 0.1) is 11.2 Å². The van der Waals surface area contributed by atoms with Crippen LogP contribution in [0.25, 0.3) is 0 Å². The number of carbonyl (C=O) groups is 1. The number of hydrogen-bond donors (Lipinski definition) is 1. The molecule has 128 valence electrons. The third-order valence-corrected chi connectivity index (χ3v) is 4.76. The summed E-state index contributed by atoms with van der Waals surface area (Å²) in [4.78, 5) is 15.1. The average molecular weight is 320 g/mol. The molecule has 1 amide bonds. The molecule has 0 heterocycles. The molecule has 1 aromatic carbocycles. The molecule has 1 fully saturated rings. The predicted octanol–water partition coefficient (Wildman–Crippen LogP) is 3.34. The van der Waals surface area contributed by atoms with Crippen molar-refractivity contribution in [3.8, 4) is 0 Å². The second-order valence-electron chi connectivity index (χ2n) is 7.88. The maximum absolute atomic E-state index is 13.2. The van der Waals surface area contributed by atoms with Crippen LogP contribution in [0.2, 0.25) is 0 Å². The highest BCUT2D eigenvalue weighted by atomic mass is 19.1. The molecule has 1 N–H and O–H groups in total. The Morgan fingerprint density at radius 3 is 2.30 bits per heavy atom. The van der Waals surface area contributed by atoms with Crippen molar-refractivity contribution in [1.82, 2.24) is 10.2 Å². The van der Waals surface area contributed by atoms with Gasteiger partial charge in [0.15, 0.2) is 0 Å². The minimum Gasteiger partial charge on any atom is -0.355 e. The van der Waals surface area contributed by atoms with Crippen LogP contribution in [0.15, 0.2) is 24.3 Å². The molecule has 2 rings (SSSR count). The van der Waals surface area contributed by atoms with Crippen LogP contribution in [0.3, 0.4) is 0 Å². The van der Waals surface area contributed by atoms with Crippen LogP contribution in [0.4, 0.5) is 4.39 Å². The summed E-state index contributed by atoms with van der Waals surface area (Å²) in [7, 11) is 4.08. The molecule has 0 aliphatic heterocycles. The molecule has 3 nitrogen and oxygen atoms in total. The Bertz CT molecular complexity index is 531. The largest absolute Gasteiger partial charge is 0.355 e. The van der Waals surface area contributed by atoms with Crippen LogP contribution in [0.5, 0.6) is 0 Å². The normalized spacial score (nSPS) is 17.5. The van der Waals surface area contributed by atoms with Gasteiger partial charge in [-0.3, -0.25) is 4.79 Å². The number of carbonyl (C=O) groups excluding carboxylic acids is 1. The van der Waals surface area contributed by atoms with E-state index in [-0.39, 0.29) is 17.1 Å². The lowest BCUT2D eigenvalue weighted by atomic mass is 9.77. The molecule has 4 heteroatoms. The van der Waals surface area contributed by atoms with Crippen LogP contribution >= 0.6 is 0 Å². The van der Waals surface area contributed by atoms with Crippen LogP contribution in [-0.4, -0.2) is 38.0 Å². The summed E-state index contributed by atoms with van der Waals surface area (Å²) in [6, 6.07) is 6.45. The molecule has 0 aromatic heterocycles. The van der Waals surface area contributed by atoms with E-state index in [0.717, 1.165) is 37.8 Å². The fourth-order valence-corrected chi connectivity index (χ4v) is 3.80. The fourth-order valence-electron chi connectivity index (χ4n) is 3.80. The van der Waals surface area contributed by atoms with E-state index in [0.29, 0.717) is 6.54 Å². The Morgan fingerprint density at radius 2 is 1.78 bits per heavy atom. The second kappa shape index (κ2) is 7.00. The van der Waals surface area contributed by atoms with Crippen LogP contribution < -0.4 is 5.32 Å². The molecule has 23 heavy (non-hydrogen) atoms. The van der Waals surface area contributed by atoms with Crippen molar-refractivity contribution in [2.24, 2.45) is 5.41 Å². The number of halogens is 1. The zero-order valence-electron chi connectivity index (χ0n) is 14.8. The van der Waals surface area contributed by atoms with Gasteiger partial charge in [0.2, 0.25) is 5.91 Å². The third kappa shape index (κ3) is 4.31. The number of amides is 1. The molecule has 1 saturated carbocycles. The molecule has 0 radical (unpaired) electrons. The van der Waals surface area contributed by atoms with Gasteiger partial charge in [-0.05, 0) is 50.0 Å². The van der Waals surface area contributed by atoms with Crippen molar-refractivity contribution in [2.75, 3.05) is 27.2 Å². The average Bonchev–Trinajstić information content (AvgIpc) is 2.95. The Hall–Kier alpha value is -1.42. The van der Waals surface area contributed by atoms with E-state index in [1.807, 2.05) is 14.1 Å². The summed E-state index contributed by atoms with van der Waals surface area (Å²) < 4.78 is 13.2. The van der Waals surface area contributed by atoms with Gasteiger partial charge in [0.25, 0.3) is 0 Å². The van der Waals surface area contributed by atoms with Gasteiger partial charge in [-0.15, -0.1) is 0 Å². The summed E-state index contributed by atoms with van der Waals surface area (Å²) in [5.74, 6) is -0.164. The first-order valence-electron chi connectivity index (χ1n) is 8.44. The fraction of sp³-hybridized carbons (Fsp3) is 0.632. The van der Waals surface area contributed by atoms with Crippen molar-refractivity contribution in [2.45, 2.75) is 44.9 Å². The van der Waals surface area contributed by atoms with Crippen molar-refractivity contribution < 1.29 is 9.18 Å². The van der Waals surface area contributed by atoms with E-state index in [4.69, 9.17) is 0 Å². The minimum atomic E-state index is -0.484. The number of rotatable bonds is 6. The van der Waals surface area contributed by atoms with Crippen LogP contribution in [0.1, 0.15) is 45.1 Å². The van der Waals surface area contributed by atoms with Crippen LogP contribution in [-0.2, 0) is 10.2 Å². The van der Waals surface area contributed by atoms with Gasteiger partial charge in [0.1, 0.15) is 5.82 Å². The topological polar surface area (TPSA) is 32.3 Å². The number of nitrogens with one attached hydrogen (secondary N) is 1. The molecule has 1 aliphatic carbocycles. The van der Waals surface area contributed by atoms with Crippen molar-refractivity contribution in [3.05, 3.63) is 35.6 Å². The summed E-state index contributed by atoms with van der Waals surface area (Å²) >= 11 is 0. The van der Waals surface area contributed by atoms with E-state index in [1.54, 1.807) is 12.1 Å². The Kier molecular flexibility index (Phi) is 5.45. The smallest absolute Gasteiger partial charge is 0.230 e. The second-order valence-corrected chi connectivity index (χ2v) is 7.88. The molecular formula is C19H29FN2O. The van der Waals surface area contributed by atoms with Gasteiger partial charge in [0, 0.05) is 13.1 Å². The highest BCUT2D eigenvalue weighted by molar-refractivity contribution is 5.88. The number of benzene rings is 1. The molecule has 0 unspecified atom stereocenters. The SMILES string of the molecule is CN(C)CC(C)(C)CNC(=O)C1(c2ccc(F)cc2)CCCC1. The standard InChI is InChI=1S/C19H29FN2O/c1-18(2,14-22(3)4)13-21-17(23)19(11-5-6-12-19)15-7-9-16(20)10-8-15/h7-10H,5-6,11-14H2,1-4H3,(H,21,23). The van der Waals surface area contributed by atoms with Gasteiger partial charge < -0.3 is 10.2 Å². The lowest BCUT2D eigenvalue weighted by Gasteiger charge is -2.33. The molecule has 0 atom stereocenters. The first kappa shape index (κ1) is 17.9. The molecule has 0 spiro atoms. The highest BCUT2D eigenvalue weighted by Crippen LogP contribution is 2.41. The lowest BCUT2D eigenvalue weighted by Crippen LogP contribution is -2.47. The molecular weight excluding hydrogens is 291 g/mol. The summed E-state index contributed by atoms with van der Waals surface area (Å²) in [6.07, 6.45) is 3.79. The van der Waals surface area contributed by atoms with Crippen molar-refractivity contribution in [1.29, 1.82) is 0 Å². The summed E-state index contributed by atoms with van der Waals surface area (Å²) in [6.45, 7) is 5.88. The van der Waals surface area contributed by atoms with E-state index in [1.165, 1.54) is 12.1 Å². The van der Waals surface area contributed by atoms with Gasteiger partial charge in [0.05, 0.1) is 5.41 Å². The maximum Gasteiger partial charge on any atom is 0.230 e. The zero-order chi connectivity index (χ0) is 17.1. The van der Waals surface area contributed by atoms with Gasteiger partial charge in [-0.1, -0.05) is 38.8 Å². The number of hydrogen-bond acceptors (Lipinski definition) is 2. The molecule has 1 aliphatic rings. The minimum absolute atomic E-state index is 0.0156. The zero-order valence-corrected chi connectivity index (χ0v) is 14.8. The summed E-state index contributed by atoms with van der Waals surface area (Å²) in [5, 5.41) is 3.16. The predicted molar refractivity (Wildman–Crippen MR) is 91.9 cm³/mol. The van der Waals surface area contributed by atoms with E-state index < -0.39 is 5.41 Å².